The molecule has 2 aromatic rings. The summed E-state index contributed by atoms with van der Waals surface area (Å²) < 4.78 is 10.8. The predicted octanol–water partition coefficient (Wildman–Crippen LogP) is 3.95. The summed E-state index contributed by atoms with van der Waals surface area (Å²) in [5, 5.41) is 2.99. The van der Waals surface area contributed by atoms with Gasteiger partial charge >= 0.3 is 0 Å². The van der Waals surface area contributed by atoms with Gasteiger partial charge in [-0.05, 0) is 41.7 Å². The number of ether oxygens (including phenoxy) is 2. The third-order valence-electron chi connectivity index (χ3n) is 5.44. The van der Waals surface area contributed by atoms with Crippen LogP contribution < -0.4 is 14.8 Å². The van der Waals surface area contributed by atoms with E-state index in [1.54, 1.807) is 19.1 Å². The molecule has 0 unspecified atom stereocenters. The van der Waals surface area contributed by atoms with Crippen molar-refractivity contribution in [3.8, 4) is 11.5 Å². The summed E-state index contributed by atoms with van der Waals surface area (Å²) in [6.07, 6.45) is 1.11. The average molecular weight is 411 g/mol. The van der Waals surface area contributed by atoms with Crippen LogP contribution in [0.1, 0.15) is 54.2 Å². The number of carbonyl (C=O) groups is 2. The van der Waals surface area contributed by atoms with Gasteiger partial charge in [-0.2, -0.15) is 0 Å². The van der Waals surface area contributed by atoms with Gasteiger partial charge in [-0.25, -0.2) is 0 Å². The Bertz CT molecular complexity index is 910. The Morgan fingerprint density at radius 1 is 1.10 bits per heavy atom. The fourth-order valence-electron chi connectivity index (χ4n) is 3.74. The monoisotopic (exact) mass is 410 g/mol. The molecule has 0 radical (unpaired) electrons. The number of nitrogens with one attached hydrogen (secondary N) is 1. The van der Waals surface area contributed by atoms with E-state index in [0.717, 1.165) is 17.5 Å². The van der Waals surface area contributed by atoms with Crippen LogP contribution in [0.4, 0.5) is 0 Å². The highest BCUT2D eigenvalue weighted by Crippen LogP contribution is 2.37. The van der Waals surface area contributed by atoms with Crippen molar-refractivity contribution < 1.29 is 19.1 Å². The van der Waals surface area contributed by atoms with Gasteiger partial charge in [0, 0.05) is 18.7 Å². The Balaban J connectivity index is 1.88. The zero-order chi connectivity index (χ0) is 21.7. The topological polar surface area (TPSA) is 67.9 Å². The van der Waals surface area contributed by atoms with E-state index in [-0.39, 0.29) is 18.2 Å². The van der Waals surface area contributed by atoms with Gasteiger partial charge in [-0.3, -0.25) is 9.59 Å². The molecule has 6 nitrogen and oxygen atoms in total. The molecule has 6 heteroatoms. The van der Waals surface area contributed by atoms with Crippen molar-refractivity contribution in [3.63, 3.8) is 0 Å². The molecule has 0 aliphatic carbocycles. The maximum absolute atomic E-state index is 13.1. The molecule has 1 atom stereocenters. The zero-order valence-electron chi connectivity index (χ0n) is 18.1. The summed E-state index contributed by atoms with van der Waals surface area (Å²) in [6, 6.07) is 12.7. The first-order valence-electron chi connectivity index (χ1n) is 10.3. The predicted molar refractivity (Wildman–Crippen MR) is 116 cm³/mol. The molecule has 1 N–H and O–H groups in total. The van der Waals surface area contributed by atoms with E-state index < -0.39 is 6.04 Å². The van der Waals surface area contributed by atoms with E-state index >= 15 is 0 Å². The van der Waals surface area contributed by atoms with Crippen molar-refractivity contribution in [1.29, 1.82) is 0 Å². The molecular weight excluding hydrogens is 380 g/mol. The maximum Gasteiger partial charge on any atom is 0.255 e. The Morgan fingerprint density at radius 3 is 2.50 bits per heavy atom. The summed E-state index contributed by atoms with van der Waals surface area (Å²) in [4.78, 5) is 27.6. The van der Waals surface area contributed by atoms with Gasteiger partial charge in [0.05, 0.1) is 26.7 Å². The lowest BCUT2D eigenvalue weighted by molar-refractivity contribution is -0.122. The molecule has 1 heterocycles. The Labute approximate surface area is 178 Å². The van der Waals surface area contributed by atoms with Crippen molar-refractivity contribution in [2.75, 3.05) is 20.8 Å². The number of amides is 2. The second-order valence-electron chi connectivity index (χ2n) is 7.96. The molecular formula is C24H30N2O4. The minimum absolute atomic E-state index is 0.0552. The Kier molecular flexibility index (Phi) is 6.98. The van der Waals surface area contributed by atoms with Gasteiger partial charge in [0.2, 0.25) is 5.91 Å². The first-order valence-corrected chi connectivity index (χ1v) is 10.3. The average Bonchev–Trinajstić information content (AvgIpc) is 3.07. The van der Waals surface area contributed by atoms with E-state index in [1.165, 1.54) is 0 Å². The van der Waals surface area contributed by atoms with Gasteiger partial charge < -0.3 is 19.7 Å². The third-order valence-corrected chi connectivity index (χ3v) is 5.44. The number of rotatable bonds is 9. The lowest BCUT2D eigenvalue weighted by atomic mass is 10.0. The fraction of sp³-hybridized carbons (Fsp3) is 0.417. The third kappa shape index (κ3) is 4.75. The zero-order valence-corrected chi connectivity index (χ0v) is 18.1. The highest BCUT2D eigenvalue weighted by molar-refractivity contribution is 5.98. The first kappa shape index (κ1) is 21.7. The van der Waals surface area contributed by atoms with Crippen LogP contribution in [0.2, 0.25) is 0 Å². The normalized spacial score (nSPS) is 13.9. The summed E-state index contributed by atoms with van der Waals surface area (Å²) in [5.41, 5.74) is 2.52. The van der Waals surface area contributed by atoms with Crippen LogP contribution in [0, 0.1) is 5.92 Å². The number of hydrogen-bond acceptors (Lipinski definition) is 4. The maximum atomic E-state index is 13.1. The Hall–Kier alpha value is -3.02. The van der Waals surface area contributed by atoms with Crippen LogP contribution in [0.5, 0.6) is 11.5 Å². The lowest BCUT2D eigenvalue weighted by Crippen LogP contribution is -2.34. The second-order valence-corrected chi connectivity index (χ2v) is 7.96. The molecule has 0 saturated heterocycles. The molecule has 0 aromatic heterocycles. The number of nitrogens with zero attached hydrogens (tertiary/aromatic N) is 1. The number of hydrogen-bond donors (Lipinski definition) is 1. The summed E-state index contributed by atoms with van der Waals surface area (Å²) in [5.74, 6) is 1.57. The van der Waals surface area contributed by atoms with Crippen molar-refractivity contribution in [1.82, 2.24) is 10.2 Å². The smallest absolute Gasteiger partial charge is 0.255 e. The number of methoxy groups -OCH3 is 2. The minimum atomic E-state index is -0.399. The van der Waals surface area contributed by atoms with E-state index in [2.05, 4.69) is 19.2 Å². The second kappa shape index (κ2) is 9.65. The quantitative estimate of drug-likeness (QED) is 0.680. The summed E-state index contributed by atoms with van der Waals surface area (Å²) in [6.45, 7) is 5.36. The van der Waals surface area contributed by atoms with E-state index in [0.29, 0.717) is 36.1 Å². The van der Waals surface area contributed by atoms with Crippen LogP contribution in [0.3, 0.4) is 0 Å². The van der Waals surface area contributed by atoms with Crippen LogP contribution in [0.15, 0.2) is 42.5 Å². The molecule has 160 valence electrons. The van der Waals surface area contributed by atoms with Gasteiger partial charge in [-0.15, -0.1) is 0 Å². The largest absolute Gasteiger partial charge is 0.493 e. The highest BCUT2D eigenvalue weighted by Gasteiger charge is 2.34. The molecule has 0 fully saturated rings. The van der Waals surface area contributed by atoms with Crippen molar-refractivity contribution in [2.45, 2.75) is 39.3 Å². The molecule has 2 aromatic carbocycles. The number of benzene rings is 2. The molecule has 3 rings (SSSR count). The highest BCUT2D eigenvalue weighted by atomic mass is 16.5. The van der Waals surface area contributed by atoms with E-state index in [4.69, 9.17) is 9.47 Å². The number of fused-ring (bicyclic) bond motifs is 1. The van der Waals surface area contributed by atoms with Crippen LogP contribution in [0.25, 0.3) is 0 Å². The SMILES string of the molecule is COc1ccc([C@@H](CC(=O)NCCC(C)C)N2Cc3ccccc3C2=O)cc1OC. The van der Waals surface area contributed by atoms with Crippen LogP contribution in [-0.4, -0.2) is 37.5 Å². The van der Waals surface area contributed by atoms with E-state index in [1.807, 2.05) is 42.5 Å². The number of carbonyl (C=O) groups excluding carboxylic acids is 2. The molecule has 30 heavy (non-hydrogen) atoms. The summed E-state index contributed by atoms with van der Waals surface area (Å²) >= 11 is 0. The molecule has 0 spiro atoms. The standard InChI is InChI=1S/C24H30N2O4/c1-16(2)11-12-25-23(27)14-20(17-9-10-21(29-3)22(13-17)30-4)26-15-18-7-5-6-8-19(18)24(26)28/h5-10,13,16,20H,11-12,14-15H2,1-4H3,(H,25,27)/t20-/m1/s1. The minimum Gasteiger partial charge on any atom is -0.493 e. The molecule has 1 aliphatic heterocycles. The molecule has 0 bridgehead atoms. The van der Waals surface area contributed by atoms with Crippen LogP contribution in [-0.2, 0) is 11.3 Å². The van der Waals surface area contributed by atoms with Gasteiger partial charge in [0.15, 0.2) is 11.5 Å². The molecule has 2 amide bonds. The van der Waals surface area contributed by atoms with Crippen molar-refractivity contribution in [2.24, 2.45) is 5.92 Å². The van der Waals surface area contributed by atoms with Crippen molar-refractivity contribution in [3.05, 3.63) is 59.2 Å². The van der Waals surface area contributed by atoms with Gasteiger partial charge in [-0.1, -0.05) is 38.1 Å². The lowest BCUT2D eigenvalue weighted by Gasteiger charge is -2.28. The van der Waals surface area contributed by atoms with E-state index in [9.17, 15) is 9.59 Å². The van der Waals surface area contributed by atoms with Crippen molar-refractivity contribution >= 4 is 11.8 Å². The first-order chi connectivity index (χ1) is 14.4. The Morgan fingerprint density at radius 2 is 1.83 bits per heavy atom. The molecule has 1 aliphatic rings. The summed E-state index contributed by atoms with van der Waals surface area (Å²) in [7, 11) is 3.16. The fourth-order valence-corrected chi connectivity index (χ4v) is 3.74. The van der Waals surface area contributed by atoms with Crippen LogP contribution >= 0.6 is 0 Å². The molecule has 0 saturated carbocycles. The van der Waals surface area contributed by atoms with Gasteiger partial charge in [0.1, 0.15) is 0 Å². The van der Waals surface area contributed by atoms with Gasteiger partial charge in [0.25, 0.3) is 5.91 Å².